The van der Waals surface area contributed by atoms with Gasteiger partial charge in [-0.25, -0.2) is 4.39 Å². The number of alkyl halides is 1. The van der Waals surface area contributed by atoms with Crippen molar-refractivity contribution in [1.29, 1.82) is 0 Å². The van der Waals surface area contributed by atoms with Crippen LogP contribution in [0.3, 0.4) is 0 Å². The topological polar surface area (TPSA) is 52.0 Å². The Morgan fingerprint density at radius 1 is 1.36 bits per heavy atom. The van der Waals surface area contributed by atoms with Crippen molar-refractivity contribution in [3.63, 3.8) is 0 Å². The minimum atomic E-state index is -0.579. The van der Waals surface area contributed by atoms with Crippen molar-refractivity contribution in [2.75, 3.05) is 11.5 Å². The van der Waals surface area contributed by atoms with E-state index in [1.54, 1.807) is 0 Å². The van der Waals surface area contributed by atoms with Gasteiger partial charge in [-0.1, -0.05) is 11.6 Å². The molecule has 0 saturated heterocycles. The Morgan fingerprint density at radius 3 is 2.45 bits per heavy atom. The highest BCUT2D eigenvalue weighted by Crippen LogP contribution is 2.26. The molecule has 0 unspecified atom stereocenters. The van der Waals surface area contributed by atoms with Crippen molar-refractivity contribution in [2.24, 2.45) is 0 Å². The van der Waals surface area contributed by atoms with Crippen molar-refractivity contribution in [1.82, 2.24) is 0 Å². The van der Waals surface area contributed by atoms with Gasteiger partial charge in [0, 0.05) is 0 Å². The quantitative estimate of drug-likeness (QED) is 0.640. The summed E-state index contributed by atoms with van der Waals surface area (Å²) in [5.41, 5.74) is 11.9. The van der Waals surface area contributed by atoms with Crippen LogP contribution in [-0.2, 0) is 6.67 Å². The van der Waals surface area contributed by atoms with Crippen LogP contribution in [0.4, 0.5) is 15.8 Å². The van der Waals surface area contributed by atoms with Crippen molar-refractivity contribution >= 4 is 23.0 Å². The maximum atomic E-state index is 12.1. The van der Waals surface area contributed by atoms with E-state index in [0.29, 0.717) is 22.0 Å². The SMILES string of the molecule is Nc1cc(CF)cc(Cl)c1N. The van der Waals surface area contributed by atoms with Crippen molar-refractivity contribution in [2.45, 2.75) is 6.67 Å². The predicted octanol–water partition coefficient (Wildman–Crippen LogP) is 1.97. The van der Waals surface area contributed by atoms with Gasteiger partial charge in [0.2, 0.25) is 0 Å². The minimum Gasteiger partial charge on any atom is -0.397 e. The molecule has 1 rings (SSSR count). The Kier molecular flexibility index (Phi) is 2.19. The lowest BCUT2D eigenvalue weighted by Crippen LogP contribution is -1.96. The molecular formula is C7H8ClFN2. The minimum absolute atomic E-state index is 0.303. The second-order valence-electron chi connectivity index (χ2n) is 2.21. The Balaban J connectivity index is 3.21. The van der Waals surface area contributed by atoms with Crippen LogP contribution in [0.1, 0.15) is 5.56 Å². The number of hydrogen-bond donors (Lipinski definition) is 2. The first-order valence-electron chi connectivity index (χ1n) is 3.04. The van der Waals surface area contributed by atoms with Gasteiger partial charge in [-0.3, -0.25) is 0 Å². The van der Waals surface area contributed by atoms with E-state index in [9.17, 15) is 4.39 Å². The summed E-state index contributed by atoms with van der Waals surface area (Å²) in [5.74, 6) is 0. The second-order valence-corrected chi connectivity index (χ2v) is 2.62. The fourth-order valence-corrected chi connectivity index (χ4v) is 1.02. The zero-order valence-electron chi connectivity index (χ0n) is 5.77. The van der Waals surface area contributed by atoms with Gasteiger partial charge in [0.05, 0.1) is 16.4 Å². The van der Waals surface area contributed by atoms with Gasteiger partial charge >= 0.3 is 0 Å². The van der Waals surface area contributed by atoms with E-state index < -0.39 is 6.67 Å². The molecule has 4 heteroatoms. The third-order valence-corrected chi connectivity index (χ3v) is 1.69. The van der Waals surface area contributed by atoms with E-state index in [1.807, 2.05) is 0 Å². The molecule has 0 heterocycles. The van der Waals surface area contributed by atoms with Crippen LogP contribution >= 0.6 is 11.6 Å². The third kappa shape index (κ3) is 1.54. The maximum Gasteiger partial charge on any atom is 0.115 e. The molecule has 0 atom stereocenters. The zero-order valence-corrected chi connectivity index (χ0v) is 6.53. The molecule has 0 saturated carbocycles. The molecule has 0 spiro atoms. The van der Waals surface area contributed by atoms with E-state index in [-0.39, 0.29) is 0 Å². The first kappa shape index (κ1) is 8.14. The summed E-state index contributed by atoms with van der Waals surface area (Å²) in [6.07, 6.45) is 0. The van der Waals surface area contributed by atoms with E-state index in [4.69, 9.17) is 23.1 Å². The maximum absolute atomic E-state index is 12.1. The van der Waals surface area contributed by atoms with E-state index >= 15 is 0 Å². The molecule has 0 amide bonds. The monoisotopic (exact) mass is 174 g/mol. The number of nitrogens with two attached hydrogens (primary N) is 2. The average Bonchev–Trinajstić information content (AvgIpc) is 1.99. The zero-order chi connectivity index (χ0) is 8.43. The van der Waals surface area contributed by atoms with E-state index in [0.717, 1.165) is 0 Å². The largest absolute Gasteiger partial charge is 0.397 e. The molecule has 0 aliphatic heterocycles. The molecule has 60 valence electrons. The van der Waals surface area contributed by atoms with Crippen LogP contribution in [-0.4, -0.2) is 0 Å². The van der Waals surface area contributed by atoms with Crippen molar-refractivity contribution in [3.05, 3.63) is 22.7 Å². The fraction of sp³-hybridized carbons (Fsp3) is 0.143. The molecule has 11 heavy (non-hydrogen) atoms. The Hall–Kier alpha value is -0.960. The molecule has 0 aliphatic rings. The van der Waals surface area contributed by atoms with Crippen LogP contribution in [0.5, 0.6) is 0 Å². The number of benzene rings is 1. The third-order valence-electron chi connectivity index (χ3n) is 1.38. The Labute approximate surface area is 68.9 Å². The van der Waals surface area contributed by atoms with Crippen LogP contribution in [0, 0.1) is 0 Å². The lowest BCUT2D eigenvalue weighted by Gasteiger charge is -2.03. The summed E-state index contributed by atoms with van der Waals surface area (Å²) in [5, 5.41) is 0.303. The summed E-state index contributed by atoms with van der Waals surface area (Å²) < 4.78 is 12.1. The molecule has 0 aliphatic carbocycles. The number of rotatable bonds is 1. The second kappa shape index (κ2) is 2.96. The lowest BCUT2D eigenvalue weighted by molar-refractivity contribution is 0.485. The molecule has 0 radical (unpaired) electrons. The van der Waals surface area contributed by atoms with Crippen LogP contribution in [0.25, 0.3) is 0 Å². The van der Waals surface area contributed by atoms with Crippen molar-refractivity contribution < 1.29 is 4.39 Å². The van der Waals surface area contributed by atoms with E-state index in [1.165, 1.54) is 12.1 Å². The van der Waals surface area contributed by atoms with Gasteiger partial charge < -0.3 is 11.5 Å². The number of halogens is 2. The highest BCUT2D eigenvalue weighted by Gasteiger charge is 2.02. The number of hydrogen-bond acceptors (Lipinski definition) is 2. The molecule has 4 N–H and O–H groups in total. The average molecular weight is 175 g/mol. The summed E-state index contributed by atoms with van der Waals surface area (Å²) in [7, 11) is 0. The Morgan fingerprint density at radius 2 is 2.00 bits per heavy atom. The first-order chi connectivity index (χ1) is 5.15. The molecule has 1 aromatic carbocycles. The molecule has 1 aromatic rings. The lowest BCUT2D eigenvalue weighted by atomic mass is 10.2. The van der Waals surface area contributed by atoms with Crippen LogP contribution < -0.4 is 11.5 Å². The Bertz CT molecular complexity index is 252. The van der Waals surface area contributed by atoms with Gasteiger partial charge in [0.25, 0.3) is 0 Å². The summed E-state index contributed by atoms with van der Waals surface area (Å²) in [4.78, 5) is 0. The smallest absolute Gasteiger partial charge is 0.115 e. The van der Waals surface area contributed by atoms with Gasteiger partial charge in [-0.15, -0.1) is 0 Å². The highest BCUT2D eigenvalue weighted by molar-refractivity contribution is 6.33. The summed E-state index contributed by atoms with van der Waals surface area (Å²) in [6, 6.07) is 2.94. The van der Waals surface area contributed by atoms with Crippen LogP contribution in [0.15, 0.2) is 12.1 Å². The van der Waals surface area contributed by atoms with Gasteiger partial charge in [-0.2, -0.15) is 0 Å². The van der Waals surface area contributed by atoms with Gasteiger partial charge in [0.15, 0.2) is 0 Å². The predicted molar refractivity (Wildman–Crippen MR) is 45.1 cm³/mol. The normalized spacial score (nSPS) is 10.0. The fourth-order valence-electron chi connectivity index (χ4n) is 0.775. The highest BCUT2D eigenvalue weighted by atomic mass is 35.5. The summed E-state index contributed by atoms with van der Waals surface area (Å²) in [6.45, 7) is -0.579. The standard InChI is InChI=1S/C7H8ClFN2/c8-5-1-4(3-9)2-6(10)7(5)11/h1-2H,3,10-11H2. The number of nitrogen functional groups attached to an aromatic ring is 2. The number of anilines is 2. The van der Waals surface area contributed by atoms with Crippen molar-refractivity contribution in [3.8, 4) is 0 Å². The van der Waals surface area contributed by atoms with Gasteiger partial charge in [-0.05, 0) is 17.7 Å². The molecule has 2 nitrogen and oxygen atoms in total. The van der Waals surface area contributed by atoms with Crippen LogP contribution in [0.2, 0.25) is 5.02 Å². The summed E-state index contributed by atoms with van der Waals surface area (Å²) >= 11 is 5.63. The molecule has 0 aromatic heterocycles. The first-order valence-corrected chi connectivity index (χ1v) is 3.42. The molecule has 0 bridgehead atoms. The van der Waals surface area contributed by atoms with Gasteiger partial charge in [0.1, 0.15) is 6.67 Å². The molecular weight excluding hydrogens is 167 g/mol. The van der Waals surface area contributed by atoms with E-state index in [2.05, 4.69) is 0 Å². The molecule has 0 fully saturated rings.